The van der Waals surface area contributed by atoms with Crippen LogP contribution in [0.4, 0.5) is 0 Å². The topological polar surface area (TPSA) is 49.3 Å². The first kappa shape index (κ1) is 14.6. The molecule has 0 radical (unpaired) electrons. The average Bonchev–Trinajstić information content (AvgIpc) is 2.29. The summed E-state index contributed by atoms with van der Waals surface area (Å²) in [5.41, 5.74) is 0.328. The van der Waals surface area contributed by atoms with Crippen LogP contribution >= 0.6 is 34.4 Å². The second-order valence-corrected chi connectivity index (χ2v) is 7.07. The van der Waals surface area contributed by atoms with Crippen molar-refractivity contribution in [3.63, 3.8) is 0 Å². The Balaban J connectivity index is 2.74. The Hall–Kier alpha value is -0.430. The molecule has 0 unspecified atom stereocenters. The first-order valence-electron chi connectivity index (χ1n) is 5.17. The van der Waals surface area contributed by atoms with Gasteiger partial charge in [0, 0.05) is 14.9 Å². The van der Waals surface area contributed by atoms with Gasteiger partial charge < -0.3 is 10.4 Å². The molecular formula is C12H16INO2S. The van der Waals surface area contributed by atoms with Gasteiger partial charge in [-0.15, -0.1) is 0 Å². The Bertz CT molecular complexity index is 421. The molecule has 0 aliphatic carbocycles. The number of benzene rings is 1. The van der Waals surface area contributed by atoms with Crippen molar-refractivity contribution >= 4 is 40.3 Å². The molecule has 0 aromatic heterocycles. The van der Waals surface area contributed by atoms with E-state index in [1.165, 1.54) is 6.07 Å². The van der Waals surface area contributed by atoms with Crippen LogP contribution in [0.2, 0.25) is 0 Å². The lowest BCUT2D eigenvalue weighted by atomic mass is 10.1. The Labute approximate surface area is 120 Å². The summed E-state index contributed by atoms with van der Waals surface area (Å²) in [7, 11) is 0. The Morgan fingerprint density at radius 1 is 1.53 bits per heavy atom. The maximum absolute atomic E-state index is 11.9. The predicted octanol–water partition coefficient (Wildman–Crippen LogP) is 2.87. The maximum atomic E-state index is 11.9. The number of carbonyl (C=O) groups is 1. The zero-order chi connectivity index (χ0) is 13.1. The van der Waals surface area contributed by atoms with Gasteiger partial charge >= 0.3 is 0 Å². The van der Waals surface area contributed by atoms with E-state index in [1.807, 2.05) is 6.26 Å². The van der Waals surface area contributed by atoms with Crippen LogP contribution in [0, 0.1) is 3.57 Å². The fourth-order valence-corrected chi connectivity index (χ4v) is 1.86. The summed E-state index contributed by atoms with van der Waals surface area (Å²) in [6.45, 7) is 4.69. The minimum atomic E-state index is -0.233. The minimum Gasteiger partial charge on any atom is -0.507 e. The van der Waals surface area contributed by atoms with Gasteiger partial charge in [0.2, 0.25) is 0 Å². The molecule has 0 bridgehead atoms. The van der Waals surface area contributed by atoms with E-state index in [9.17, 15) is 9.90 Å². The quantitative estimate of drug-likeness (QED) is 0.807. The lowest BCUT2D eigenvalue weighted by molar-refractivity contribution is 0.0948. The van der Waals surface area contributed by atoms with Crippen molar-refractivity contribution in [3.05, 3.63) is 27.3 Å². The van der Waals surface area contributed by atoms with E-state index in [2.05, 4.69) is 41.8 Å². The van der Waals surface area contributed by atoms with Gasteiger partial charge in [-0.2, -0.15) is 11.8 Å². The zero-order valence-corrected chi connectivity index (χ0v) is 13.1. The van der Waals surface area contributed by atoms with Gasteiger partial charge in [-0.1, -0.05) is 0 Å². The van der Waals surface area contributed by atoms with Crippen LogP contribution < -0.4 is 5.32 Å². The van der Waals surface area contributed by atoms with Crippen molar-refractivity contribution in [2.45, 2.75) is 18.6 Å². The third-order valence-electron chi connectivity index (χ3n) is 2.43. The minimum absolute atomic E-state index is 0.00673. The summed E-state index contributed by atoms with van der Waals surface area (Å²) in [4.78, 5) is 11.9. The van der Waals surface area contributed by atoms with Gasteiger partial charge in [0.1, 0.15) is 5.75 Å². The third-order valence-corrected chi connectivity index (χ3v) is 4.35. The molecule has 0 spiro atoms. The monoisotopic (exact) mass is 365 g/mol. The van der Waals surface area contributed by atoms with E-state index in [0.29, 0.717) is 12.1 Å². The normalized spacial score (nSPS) is 11.3. The van der Waals surface area contributed by atoms with E-state index in [0.717, 1.165) is 3.57 Å². The molecule has 1 aromatic carbocycles. The van der Waals surface area contributed by atoms with Crippen molar-refractivity contribution in [1.29, 1.82) is 0 Å². The van der Waals surface area contributed by atoms with E-state index >= 15 is 0 Å². The van der Waals surface area contributed by atoms with Gasteiger partial charge in [-0.05, 0) is 60.9 Å². The van der Waals surface area contributed by atoms with E-state index in [-0.39, 0.29) is 16.4 Å². The molecule has 0 atom stereocenters. The molecule has 1 rings (SSSR count). The number of hydrogen-bond acceptors (Lipinski definition) is 3. The molecule has 0 aliphatic heterocycles. The van der Waals surface area contributed by atoms with Crippen LogP contribution in [0.3, 0.4) is 0 Å². The van der Waals surface area contributed by atoms with Gasteiger partial charge in [0.25, 0.3) is 5.91 Å². The number of amides is 1. The van der Waals surface area contributed by atoms with Crippen LogP contribution in [0.25, 0.3) is 0 Å². The van der Waals surface area contributed by atoms with Crippen molar-refractivity contribution in [1.82, 2.24) is 5.32 Å². The second-order valence-electron chi connectivity index (χ2n) is 4.31. The highest BCUT2D eigenvalue weighted by Gasteiger charge is 2.18. The number of phenolic OH excluding ortho intramolecular Hbond substituents is 1. The molecule has 0 fully saturated rings. The number of hydrogen-bond donors (Lipinski definition) is 2. The Morgan fingerprint density at radius 3 is 2.76 bits per heavy atom. The molecule has 94 valence electrons. The van der Waals surface area contributed by atoms with Gasteiger partial charge in [-0.3, -0.25) is 4.79 Å². The fourth-order valence-electron chi connectivity index (χ4n) is 1.15. The molecular weight excluding hydrogens is 349 g/mol. The van der Waals surface area contributed by atoms with Crippen LogP contribution in [0.1, 0.15) is 24.2 Å². The summed E-state index contributed by atoms with van der Waals surface area (Å²) in [5.74, 6) is -0.215. The Kier molecular flexibility index (Phi) is 5.12. The molecule has 0 aliphatic rings. The molecule has 17 heavy (non-hydrogen) atoms. The summed E-state index contributed by atoms with van der Waals surface area (Å²) < 4.78 is 0.919. The molecule has 2 N–H and O–H groups in total. The number of aromatic hydroxyl groups is 1. The van der Waals surface area contributed by atoms with Crippen molar-refractivity contribution in [3.8, 4) is 5.75 Å². The van der Waals surface area contributed by atoms with E-state index < -0.39 is 0 Å². The highest BCUT2D eigenvalue weighted by molar-refractivity contribution is 14.1. The number of halogens is 1. The first-order chi connectivity index (χ1) is 7.85. The molecule has 5 heteroatoms. The van der Waals surface area contributed by atoms with Gasteiger partial charge in [0.05, 0.1) is 5.56 Å². The van der Waals surface area contributed by atoms with Crippen LogP contribution in [-0.4, -0.2) is 28.6 Å². The van der Waals surface area contributed by atoms with Gasteiger partial charge in [0.15, 0.2) is 0 Å². The largest absolute Gasteiger partial charge is 0.507 e. The maximum Gasteiger partial charge on any atom is 0.255 e. The number of thioether (sulfide) groups is 1. The predicted molar refractivity (Wildman–Crippen MR) is 80.8 cm³/mol. The highest BCUT2D eigenvalue weighted by Crippen LogP contribution is 2.22. The number of rotatable bonds is 4. The lowest BCUT2D eigenvalue weighted by Crippen LogP contribution is -2.36. The van der Waals surface area contributed by atoms with Crippen LogP contribution in [-0.2, 0) is 0 Å². The Morgan fingerprint density at radius 2 is 2.18 bits per heavy atom. The molecule has 0 saturated carbocycles. The number of phenols is 1. The zero-order valence-electron chi connectivity index (χ0n) is 10.1. The first-order valence-corrected chi connectivity index (χ1v) is 7.48. The van der Waals surface area contributed by atoms with Gasteiger partial charge in [-0.25, -0.2) is 0 Å². The summed E-state index contributed by atoms with van der Waals surface area (Å²) in [6.07, 6.45) is 2.01. The molecule has 3 nitrogen and oxygen atoms in total. The van der Waals surface area contributed by atoms with Crippen LogP contribution in [0.15, 0.2) is 18.2 Å². The number of nitrogens with one attached hydrogen (secondary N) is 1. The summed E-state index contributed by atoms with van der Waals surface area (Å²) in [5, 5.41) is 12.5. The van der Waals surface area contributed by atoms with Crippen molar-refractivity contribution in [2.75, 3.05) is 12.8 Å². The smallest absolute Gasteiger partial charge is 0.255 e. The summed E-state index contributed by atoms with van der Waals surface area (Å²) in [6, 6.07) is 4.98. The fraction of sp³-hybridized carbons (Fsp3) is 0.417. The van der Waals surface area contributed by atoms with E-state index in [1.54, 1.807) is 23.9 Å². The van der Waals surface area contributed by atoms with Crippen molar-refractivity contribution < 1.29 is 9.90 Å². The highest BCUT2D eigenvalue weighted by atomic mass is 127. The van der Waals surface area contributed by atoms with Crippen LogP contribution in [0.5, 0.6) is 5.75 Å². The third kappa shape index (κ3) is 4.39. The van der Waals surface area contributed by atoms with Crippen molar-refractivity contribution in [2.24, 2.45) is 0 Å². The molecule has 1 amide bonds. The molecule has 0 heterocycles. The summed E-state index contributed by atoms with van der Waals surface area (Å²) >= 11 is 3.81. The standard InChI is InChI=1S/C12H16INO2S/c1-12(2,17-3)7-14-11(16)9-6-8(13)4-5-10(9)15/h4-6,15H,7H2,1-3H3,(H,14,16). The SMILES string of the molecule is CSC(C)(C)CNC(=O)c1cc(I)ccc1O. The molecule has 1 aromatic rings. The lowest BCUT2D eigenvalue weighted by Gasteiger charge is -2.22. The second kappa shape index (κ2) is 5.95. The molecule has 0 saturated heterocycles. The van der Waals surface area contributed by atoms with E-state index in [4.69, 9.17) is 0 Å². The number of carbonyl (C=O) groups excluding carboxylic acids is 1. The average molecular weight is 365 g/mol.